The van der Waals surface area contributed by atoms with Crippen LogP contribution in [0.15, 0.2) is 21.5 Å². The number of rotatable bonds is 4. The standard InChI is InChI=1S/C10H10BrFN4O2S2/c1-2-9-14-15-10(19-9)16-20(17,18)8-3-5(11)6(12)4-7(8)13/h3-4H,2,13H2,1H3,(H,15,16). The van der Waals surface area contributed by atoms with Crippen LogP contribution in [0.25, 0.3) is 0 Å². The lowest BCUT2D eigenvalue weighted by molar-refractivity contribution is 0.599. The van der Waals surface area contributed by atoms with Crippen LogP contribution >= 0.6 is 27.3 Å². The Morgan fingerprint density at radius 2 is 2.15 bits per heavy atom. The molecule has 0 radical (unpaired) electrons. The van der Waals surface area contributed by atoms with Crippen molar-refractivity contribution in [2.75, 3.05) is 10.5 Å². The second-order valence-corrected chi connectivity index (χ2v) is 7.33. The van der Waals surface area contributed by atoms with Gasteiger partial charge in [0.15, 0.2) is 0 Å². The number of nitrogens with zero attached hydrogens (tertiary/aromatic N) is 2. The summed E-state index contributed by atoms with van der Waals surface area (Å²) in [6.07, 6.45) is 0.656. The molecule has 0 spiro atoms. The van der Waals surface area contributed by atoms with Crippen molar-refractivity contribution >= 4 is 48.1 Å². The SMILES string of the molecule is CCc1nnc(NS(=O)(=O)c2cc(Br)c(F)cc2N)s1. The summed E-state index contributed by atoms with van der Waals surface area (Å²) in [6.45, 7) is 1.88. The van der Waals surface area contributed by atoms with Crippen LogP contribution in [0.4, 0.5) is 15.2 Å². The Morgan fingerprint density at radius 1 is 1.45 bits per heavy atom. The van der Waals surface area contributed by atoms with Gasteiger partial charge in [-0.25, -0.2) is 12.8 Å². The highest BCUT2D eigenvalue weighted by Gasteiger charge is 2.21. The first-order chi connectivity index (χ1) is 9.33. The van der Waals surface area contributed by atoms with Gasteiger partial charge in [-0.05, 0) is 34.5 Å². The molecule has 1 aromatic heterocycles. The van der Waals surface area contributed by atoms with Crippen LogP contribution < -0.4 is 10.5 Å². The Bertz CT molecular complexity index is 748. The minimum absolute atomic E-state index is 0.0126. The molecule has 1 heterocycles. The number of hydrogen-bond donors (Lipinski definition) is 2. The molecule has 0 aliphatic carbocycles. The van der Waals surface area contributed by atoms with Crippen molar-refractivity contribution in [1.29, 1.82) is 0 Å². The molecule has 0 unspecified atom stereocenters. The molecule has 1 aromatic carbocycles. The van der Waals surface area contributed by atoms with Gasteiger partial charge in [-0.15, -0.1) is 10.2 Å². The van der Waals surface area contributed by atoms with Crippen molar-refractivity contribution in [3.8, 4) is 0 Å². The van der Waals surface area contributed by atoms with Crippen molar-refractivity contribution in [3.63, 3.8) is 0 Å². The minimum atomic E-state index is -3.94. The zero-order valence-electron chi connectivity index (χ0n) is 10.2. The number of aryl methyl sites for hydroxylation is 1. The van der Waals surface area contributed by atoms with Gasteiger partial charge in [0, 0.05) is 0 Å². The highest BCUT2D eigenvalue weighted by molar-refractivity contribution is 9.10. The first-order valence-electron chi connectivity index (χ1n) is 5.43. The van der Waals surface area contributed by atoms with Gasteiger partial charge >= 0.3 is 0 Å². The van der Waals surface area contributed by atoms with Crippen LogP contribution in [-0.2, 0) is 16.4 Å². The number of anilines is 2. The maximum absolute atomic E-state index is 13.3. The third-order valence-corrected chi connectivity index (χ3v) is 5.45. The molecular formula is C10H10BrFN4O2S2. The maximum atomic E-state index is 13.3. The maximum Gasteiger partial charge on any atom is 0.265 e. The minimum Gasteiger partial charge on any atom is -0.398 e. The van der Waals surface area contributed by atoms with Gasteiger partial charge in [0.25, 0.3) is 10.0 Å². The number of halogens is 2. The summed E-state index contributed by atoms with van der Waals surface area (Å²) in [6, 6.07) is 2.05. The summed E-state index contributed by atoms with van der Waals surface area (Å²) in [5, 5.41) is 8.37. The Kier molecular flexibility index (Phi) is 4.25. The van der Waals surface area contributed by atoms with E-state index in [4.69, 9.17) is 5.73 Å². The molecule has 0 atom stereocenters. The Hall–Kier alpha value is -1.26. The number of hydrogen-bond acceptors (Lipinski definition) is 6. The Morgan fingerprint density at radius 3 is 2.75 bits per heavy atom. The normalized spacial score (nSPS) is 11.6. The van der Waals surface area contributed by atoms with Crippen molar-refractivity contribution in [2.24, 2.45) is 0 Å². The van der Waals surface area contributed by atoms with Crippen molar-refractivity contribution < 1.29 is 12.8 Å². The summed E-state index contributed by atoms with van der Waals surface area (Å²) in [5.74, 6) is -0.634. The molecule has 20 heavy (non-hydrogen) atoms. The number of nitrogen functional groups attached to an aromatic ring is 1. The second kappa shape index (κ2) is 5.62. The number of nitrogens with two attached hydrogens (primary N) is 1. The lowest BCUT2D eigenvalue weighted by Gasteiger charge is -2.08. The fraction of sp³-hybridized carbons (Fsp3) is 0.200. The first-order valence-corrected chi connectivity index (χ1v) is 8.52. The lowest BCUT2D eigenvalue weighted by Crippen LogP contribution is -2.15. The molecule has 0 amide bonds. The fourth-order valence-electron chi connectivity index (χ4n) is 1.38. The van der Waals surface area contributed by atoms with E-state index in [1.54, 1.807) is 0 Å². The summed E-state index contributed by atoms with van der Waals surface area (Å²) in [7, 11) is -3.94. The number of aromatic nitrogens is 2. The van der Waals surface area contributed by atoms with E-state index in [0.29, 0.717) is 11.4 Å². The molecule has 0 saturated carbocycles. The van der Waals surface area contributed by atoms with Crippen LogP contribution in [0.3, 0.4) is 0 Å². The Balaban J connectivity index is 2.37. The summed E-state index contributed by atoms with van der Waals surface area (Å²) < 4.78 is 39.9. The van der Waals surface area contributed by atoms with E-state index >= 15 is 0 Å². The largest absolute Gasteiger partial charge is 0.398 e. The Labute approximate surface area is 127 Å². The number of benzene rings is 1. The topological polar surface area (TPSA) is 98.0 Å². The third kappa shape index (κ3) is 3.07. The molecule has 10 heteroatoms. The van der Waals surface area contributed by atoms with Crippen molar-refractivity contribution in [1.82, 2.24) is 10.2 Å². The molecule has 6 nitrogen and oxygen atoms in total. The van der Waals surface area contributed by atoms with Gasteiger partial charge in [-0.1, -0.05) is 18.3 Å². The van der Waals surface area contributed by atoms with E-state index < -0.39 is 15.8 Å². The van der Waals surface area contributed by atoms with Crippen LogP contribution in [0.5, 0.6) is 0 Å². The molecule has 108 valence electrons. The summed E-state index contributed by atoms with van der Waals surface area (Å²) in [4.78, 5) is -0.223. The van der Waals surface area contributed by atoms with Gasteiger partial charge in [-0.2, -0.15) is 0 Å². The van der Waals surface area contributed by atoms with Gasteiger partial charge in [0.05, 0.1) is 10.2 Å². The summed E-state index contributed by atoms with van der Waals surface area (Å²) >= 11 is 4.05. The van der Waals surface area contributed by atoms with Crippen molar-refractivity contribution in [3.05, 3.63) is 27.4 Å². The highest BCUT2D eigenvalue weighted by Crippen LogP contribution is 2.28. The van der Waals surface area contributed by atoms with Gasteiger partial charge in [0.1, 0.15) is 15.7 Å². The second-order valence-electron chi connectivity index (χ2n) is 3.76. The molecule has 0 aliphatic heterocycles. The zero-order valence-corrected chi connectivity index (χ0v) is 13.4. The van der Waals surface area contributed by atoms with Crippen LogP contribution in [-0.4, -0.2) is 18.6 Å². The molecular weight excluding hydrogens is 371 g/mol. The predicted octanol–water partition coefficient (Wildman–Crippen LogP) is 2.39. The fourth-order valence-corrected chi connectivity index (χ4v) is 3.93. The van der Waals surface area contributed by atoms with E-state index in [1.165, 1.54) is 0 Å². The smallest absolute Gasteiger partial charge is 0.265 e. The molecule has 0 bridgehead atoms. The van der Waals surface area contributed by atoms with Gasteiger partial charge in [0.2, 0.25) is 5.13 Å². The average molecular weight is 381 g/mol. The van der Waals surface area contributed by atoms with Crippen LogP contribution in [0.1, 0.15) is 11.9 Å². The molecule has 0 aliphatic rings. The molecule has 0 fully saturated rings. The quantitative estimate of drug-likeness (QED) is 0.793. The highest BCUT2D eigenvalue weighted by atomic mass is 79.9. The van der Waals surface area contributed by atoms with Gasteiger partial charge in [-0.3, -0.25) is 4.72 Å². The lowest BCUT2D eigenvalue weighted by atomic mass is 10.3. The van der Waals surface area contributed by atoms with Gasteiger partial charge < -0.3 is 5.73 Å². The predicted molar refractivity (Wildman–Crippen MR) is 78.6 cm³/mol. The van der Waals surface area contributed by atoms with E-state index in [0.717, 1.165) is 23.5 Å². The van der Waals surface area contributed by atoms with Crippen LogP contribution in [0, 0.1) is 5.82 Å². The average Bonchev–Trinajstić information content (AvgIpc) is 2.80. The summed E-state index contributed by atoms with van der Waals surface area (Å²) in [5.41, 5.74) is 5.37. The van der Waals surface area contributed by atoms with Crippen molar-refractivity contribution in [2.45, 2.75) is 18.2 Å². The number of sulfonamides is 1. The molecule has 3 N–H and O–H groups in total. The van der Waals surface area contributed by atoms with E-state index in [-0.39, 0.29) is 20.2 Å². The zero-order chi connectivity index (χ0) is 14.9. The molecule has 2 aromatic rings. The van der Waals surface area contributed by atoms with E-state index in [1.807, 2.05) is 6.92 Å². The monoisotopic (exact) mass is 380 g/mol. The third-order valence-electron chi connectivity index (χ3n) is 2.33. The van der Waals surface area contributed by atoms with E-state index in [2.05, 4.69) is 30.8 Å². The molecule has 0 saturated heterocycles. The van der Waals surface area contributed by atoms with Crippen LogP contribution in [0.2, 0.25) is 0 Å². The first kappa shape index (κ1) is 15.1. The molecule has 2 rings (SSSR count). The van der Waals surface area contributed by atoms with E-state index in [9.17, 15) is 12.8 Å². The number of nitrogens with one attached hydrogen (secondary N) is 1.